The molecule has 0 saturated carbocycles. The van der Waals surface area contributed by atoms with E-state index in [2.05, 4.69) is 11.8 Å². The van der Waals surface area contributed by atoms with Crippen molar-refractivity contribution < 1.29 is 9.13 Å². The lowest BCUT2D eigenvalue weighted by atomic mass is 10.1. The molecular weight excluding hydrogens is 289 g/mol. The van der Waals surface area contributed by atoms with Gasteiger partial charge in [0, 0.05) is 16.1 Å². The first-order valence-electron chi connectivity index (χ1n) is 6.46. The topological polar surface area (TPSA) is 35.2 Å². The van der Waals surface area contributed by atoms with Gasteiger partial charge in [-0.2, -0.15) is 0 Å². The van der Waals surface area contributed by atoms with Gasteiger partial charge in [0.15, 0.2) is 0 Å². The first-order valence-corrected chi connectivity index (χ1v) is 6.84. The molecule has 0 saturated heterocycles. The SMILES string of the molecule is Cc1cc(Cl)ccc1OCc1ccc(C#CCN)cc1F. The molecule has 0 amide bonds. The van der Waals surface area contributed by atoms with Gasteiger partial charge in [0.1, 0.15) is 18.2 Å². The number of ether oxygens (including phenoxy) is 1. The fraction of sp³-hybridized carbons (Fsp3) is 0.176. The maximum Gasteiger partial charge on any atom is 0.131 e. The molecule has 0 spiro atoms. The molecule has 0 aliphatic rings. The molecule has 2 N–H and O–H groups in total. The molecule has 4 heteroatoms. The maximum atomic E-state index is 13.9. The van der Waals surface area contributed by atoms with Crippen molar-refractivity contribution in [2.75, 3.05) is 6.54 Å². The third-order valence-corrected chi connectivity index (χ3v) is 3.14. The standard InChI is InChI=1S/C17H15ClFNO/c1-12-9-15(18)6-7-17(12)21-11-14-5-4-13(3-2-8-20)10-16(14)19/h4-7,9-10H,8,11,20H2,1H3. The van der Waals surface area contributed by atoms with Gasteiger partial charge in [-0.15, -0.1) is 0 Å². The van der Waals surface area contributed by atoms with Crippen LogP contribution in [0.4, 0.5) is 4.39 Å². The van der Waals surface area contributed by atoms with Gasteiger partial charge in [0.2, 0.25) is 0 Å². The number of benzene rings is 2. The van der Waals surface area contributed by atoms with Crippen molar-refractivity contribution in [3.8, 4) is 17.6 Å². The van der Waals surface area contributed by atoms with Crippen LogP contribution < -0.4 is 10.5 Å². The van der Waals surface area contributed by atoms with Crippen molar-refractivity contribution >= 4 is 11.6 Å². The molecule has 2 nitrogen and oxygen atoms in total. The van der Waals surface area contributed by atoms with Crippen molar-refractivity contribution in [2.45, 2.75) is 13.5 Å². The van der Waals surface area contributed by atoms with Crippen LogP contribution in [0.25, 0.3) is 0 Å². The van der Waals surface area contributed by atoms with Crippen molar-refractivity contribution in [3.63, 3.8) is 0 Å². The van der Waals surface area contributed by atoms with E-state index < -0.39 is 0 Å². The van der Waals surface area contributed by atoms with E-state index >= 15 is 0 Å². The summed E-state index contributed by atoms with van der Waals surface area (Å²) in [7, 11) is 0. The Morgan fingerprint density at radius 2 is 2.05 bits per heavy atom. The van der Waals surface area contributed by atoms with E-state index in [1.807, 2.05) is 6.92 Å². The summed E-state index contributed by atoms with van der Waals surface area (Å²) in [5.41, 5.74) is 7.27. The lowest BCUT2D eigenvalue weighted by Gasteiger charge is -2.10. The van der Waals surface area contributed by atoms with Crippen LogP contribution in [0.15, 0.2) is 36.4 Å². The highest BCUT2D eigenvalue weighted by Crippen LogP contribution is 2.23. The Bertz CT molecular complexity index is 704. The third kappa shape index (κ3) is 4.22. The highest BCUT2D eigenvalue weighted by Gasteiger charge is 2.06. The Kier molecular flexibility index (Phi) is 5.21. The minimum atomic E-state index is -0.342. The molecule has 0 aliphatic carbocycles. The summed E-state index contributed by atoms with van der Waals surface area (Å²) in [6.45, 7) is 2.30. The monoisotopic (exact) mass is 303 g/mol. The van der Waals surface area contributed by atoms with Crippen LogP contribution >= 0.6 is 11.6 Å². The molecule has 0 fully saturated rings. The van der Waals surface area contributed by atoms with E-state index in [0.29, 0.717) is 21.9 Å². The van der Waals surface area contributed by atoms with Gasteiger partial charge in [-0.05, 0) is 42.8 Å². The van der Waals surface area contributed by atoms with Crippen molar-refractivity contribution in [1.29, 1.82) is 0 Å². The van der Waals surface area contributed by atoms with Gasteiger partial charge >= 0.3 is 0 Å². The quantitative estimate of drug-likeness (QED) is 0.878. The number of halogens is 2. The summed E-state index contributed by atoms with van der Waals surface area (Å²) in [6.07, 6.45) is 0. The lowest BCUT2D eigenvalue weighted by Crippen LogP contribution is -2.00. The van der Waals surface area contributed by atoms with E-state index in [1.54, 1.807) is 30.3 Å². The van der Waals surface area contributed by atoms with Crippen LogP contribution in [0.2, 0.25) is 5.02 Å². The Labute approximate surface area is 128 Å². The largest absolute Gasteiger partial charge is 0.489 e. The fourth-order valence-electron chi connectivity index (χ4n) is 1.83. The number of rotatable bonds is 3. The van der Waals surface area contributed by atoms with Gasteiger partial charge in [-0.1, -0.05) is 29.5 Å². The number of hydrogen-bond donors (Lipinski definition) is 1. The molecule has 108 valence electrons. The van der Waals surface area contributed by atoms with Gasteiger partial charge in [0.25, 0.3) is 0 Å². The maximum absolute atomic E-state index is 13.9. The summed E-state index contributed by atoms with van der Waals surface area (Å²) in [6, 6.07) is 10.1. The fourth-order valence-corrected chi connectivity index (χ4v) is 2.05. The normalized spacial score (nSPS) is 9.90. The van der Waals surface area contributed by atoms with Gasteiger partial charge in [-0.3, -0.25) is 0 Å². The summed E-state index contributed by atoms with van der Waals surface area (Å²) in [5, 5.41) is 0.647. The predicted octanol–water partition coefficient (Wildman–Crippen LogP) is 3.68. The first-order chi connectivity index (χ1) is 10.1. The summed E-state index contributed by atoms with van der Waals surface area (Å²) in [5.74, 6) is 5.82. The summed E-state index contributed by atoms with van der Waals surface area (Å²) >= 11 is 5.88. The van der Waals surface area contributed by atoms with Crippen LogP contribution in [-0.4, -0.2) is 6.54 Å². The van der Waals surface area contributed by atoms with Crippen molar-refractivity contribution in [3.05, 3.63) is 63.9 Å². The molecular formula is C17H15ClFNO. The molecule has 2 rings (SSSR count). The summed E-state index contributed by atoms with van der Waals surface area (Å²) < 4.78 is 19.6. The van der Waals surface area contributed by atoms with E-state index in [4.69, 9.17) is 22.1 Å². The van der Waals surface area contributed by atoms with Crippen LogP contribution in [-0.2, 0) is 6.61 Å². The summed E-state index contributed by atoms with van der Waals surface area (Å²) in [4.78, 5) is 0. The average molecular weight is 304 g/mol. The van der Waals surface area contributed by atoms with E-state index in [0.717, 1.165) is 5.56 Å². The minimum Gasteiger partial charge on any atom is -0.489 e. The highest BCUT2D eigenvalue weighted by molar-refractivity contribution is 6.30. The molecule has 2 aromatic carbocycles. The van der Waals surface area contributed by atoms with Crippen LogP contribution in [0.3, 0.4) is 0 Å². The number of hydrogen-bond acceptors (Lipinski definition) is 2. The second kappa shape index (κ2) is 7.12. The zero-order chi connectivity index (χ0) is 15.2. The Balaban J connectivity index is 2.09. The molecule has 0 atom stereocenters. The van der Waals surface area contributed by atoms with Gasteiger partial charge < -0.3 is 10.5 Å². The second-order valence-electron chi connectivity index (χ2n) is 4.51. The third-order valence-electron chi connectivity index (χ3n) is 2.91. The molecule has 0 aromatic heterocycles. The van der Waals surface area contributed by atoms with Crippen LogP contribution in [0, 0.1) is 24.6 Å². The van der Waals surface area contributed by atoms with Crippen LogP contribution in [0.5, 0.6) is 5.75 Å². The van der Waals surface area contributed by atoms with Crippen LogP contribution in [0.1, 0.15) is 16.7 Å². The van der Waals surface area contributed by atoms with Gasteiger partial charge in [-0.25, -0.2) is 4.39 Å². The molecule has 0 radical (unpaired) electrons. The Morgan fingerprint density at radius 3 is 2.71 bits per heavy atom. The van der Waals surface area contributed by atoms with E-state index in [1.165, 1.54) is 6.07 Å². The average Bonchev–Trinajstić information content (AvgIpc) is 2.45. The predicted molar refractivity (Wildman–Crippen MR) is 82.9 cm³/mol. The minimum absolute atomic E-state index is 0.152. The highest BCUT2D eigenvalue weighted by atomic mass is 35.5. The molecule has 21 heavy (non-hydrogen) atoms. The first kappa shape index (κ1) is 15.4. The Hall–Kier alpha value is -2.02. The van der Waals surface area contributed by atoms with Crippen molar-refractivity contribution in [2.24, 2.45) is 5.73 Å². The zero-order valence-corrected chi connectivity index (χ0v) is 12.4. The smallest absolute Gasteiger partial charge is 0.131 e. The molecule has 0 aliphatic heterocycles. The second-order valence-corrected chi connectivity index (χ2v) is 4.95. The molecule has 0 heterocycles. The van der Waals surface area contributed by atoms with E-state index in [-0.39, 0.29) is 19.0 Å². The number of nitrogens with two attached hydrogens (primary N) is 1. The number of aryl methyl sites for hydroxylation is 1. The molecule has 2 aromatic rings. The van der Waals surface area contributed by atoms with Gasteiger partial charge in [0.05, 0.1) is 6.54 Å². The van der Waals surface area contributed by atoms with Crippen molar-refractivity contribution in [1.82, 2.24) is 0 Å². The molecule has 0 bridgehead atoms. The van der Waals surface area contributed by atoms with E-state index in [9.17, 15) is 4.39 Å². The zero-order valence-electron chi connectivity index (χ0n) is 11.6. The molecule has 0 unspecified atom stereocenters. The Morgan fingerprint density at radius 1 is 1.24 bits per heavy atom. The lowest BCUT2D eigenvalue weighted by molar-refractivity contribution is 0.298.